The largest absolute Gasteiger partial charge is 0.490 e. The standard InChI is InChI=1S/C17H23N5OS.C2HF3O2/c1-19-10-16(23)22(15-7-18-20(2)9-15)13-17(19)4-5-21(12-17)8-14-3-6-24-11-14;3-2(4,5)1(6)7/h3,6-7,9,11H,4-5,8,10,12-13H2,1-2H3;(H,6,7). The molecule has 1 atom stereocenters. The Morgan fingerprint density at radius 2 is 2.03 bits per heavy atom. The first-order valence-corrected chi connectivity index (χ1v) is 10.5. The van der Waals surface area contributed by atoms with Crippen molar-refractivity contribution in [2.24, 2.45) is 7.05 Å². The number of carbonyl (C=O) groups excluding carboxylic acids is 1. The van der Waals surface area contributed by atoms with Crippen LogP contribution >= 0.6 is 11.3 Å². The predicted octanol–water partition coefficient (Wildman–Crippen LogP) is 2.04. The van der Waals surface area contributed by atoms with Gasteiger partial charge in [-0.3, -0.25) is 19.3 Å². The molecule has 1 amide bonds. The van der Waals surface area contributed by atoms with E-state index in [1.807, 2.05) is 18.1 Å². The maximum atomic E-state index is 12.5. The van der Waals surface area contributed by atoms with Gasteiger partial charge in [0, 0.05) is 39.4 Å². The summed E-state index contributed by atoms with van der Waals surface area (Å²) in [7, 11) is 3.98. The normalized spacial score (nSPS) is 22.6. The third-order valence-electron chi connectivity index (χ3n) is 5.58. The molecule has 12 heteroatoms. The van der Waals surface area contributed by atoms with Gasteiger partial charge in [0.25, 0.3) is 0 Å². The van der Waals surface area contributed by atoms with Crippen LogP contribution in [0, 0.1) is 0 Å². The molecule has 4 heterocycles. The van der Waals surface area contributed by atoms with Gasteiger partial charge in [-0.2, -0.15) is 29.6 Å². The SMILES string of the molecule is CN1CC(=O)N(c2cnn(C)c2)CC12CCN(Cc1ccsc1)C2.O=C(O)C(F)(F)F. The highest BCUT2D eigenvalue weighted by atomic mass is 32.1. The second kappa shape index (κ2) is 8.97. The number of aliphatic carboxylic acids is 1. The van der Waals surface area contributed by atoms with Crippen molar-refractivity contribution in [3.05, 3.63) is 34.8 Å². The number of aryl methyl sites for hydroxylation is 1. The molecule has 2 aliphatic rings. The number of carboxylic acids is 1. The molecule has 1 unspecified atom stereocenters. The third-order valence-corrected chi connectivity index (χ3v) is 6.31. The molecule has 0 radical (unpaired) electrons. The molecule has 0 bridgehead atoms. The number of hydrogen-bond donors (Lipinski definition) is 1. The number of carboxylic acid groups (broad SMARTS) is 1. The number of halogens is 3. The highest BCUT2D eigenvalue weighted by molar-refractivity contribution is 7.07. The molecular formula is C19H24F3N5O3S. The van der Waals surface area contributed by atoms with Gasteiger partial charge in [0.05, 0.1) is 24.0 Å². The summed E-state index contributed by atoms with van der Waals surface area (Å²) < 4.78 is 33.5. The van der Waals surface area contributed by atoms with Crippen LogP contribution in [0.25, 0.3) is 0 Å². The number of thiophene rings is 1. The summed E-state index contributed by atoms with van der Waals surface area (Å²) in [5.74, 6) is -2.60. The molecule has 2 saturated heterocycles. The van der Waals surface area contributed by atoms with E-state index in [2.05, 4.69) is 38.8 Å². The fourth-order valence-corrected chi connectivity index (χ4v) is 4.56. The number of likely N-dealkylation sites (tertiary alicyclic amines) is 1. The topological polar surface area (TPSA) is 81.9 Å². The number of hydrogen-bond acceptors (Lipinski definition) is 6. The minimum atomic E-state index is -5.08. The van der Waals surface area contributed by atoms with E-state index in [1.54, 1.807) is 22.2 Å². The van der Waals surface area contributed by atoms with E-state index in [0.29, 0.717) is 6.54 Å². The lowest BCUT2D eigenvalue weighted by Gasteiger charge is -2.46. The number of piperazine rings is 1. The van der Waals surface area contributed by atoms with Crippen LogP contribution in [0.2, 0.25) is 0 Å². The van der Waals surface area contributed by atoms with Gasteiger partial charge in [-0.15, -0.1) is 0 Å². The first-order chi connectivity index (χ1) is 14.5. The minimum absolute atomic E-state index is 0.0414. The first kappa shape index (κ1) is 23.2. The van der Waals surface area contributed by atoms with Crippen LogP contribution in [0.4, 0.5) is 18.9 Å². The molecular weight excluding hydrogens is 435 g/mol. The van der Waals surface area contributed by atoms with E-state index in [4.69, 9.17) is 9.90 Å². The number of likely N-dealkylation sites (N-methyl/N-ethyl adjacent to an activating group) is 1. The average Bonchev–Trinajstić information content (AvgIpc) is 3.41. The Morgan fingerprint density at radius 1 is 1.32 bits per heavy atom. The van der Waals surface area contributed by atoms with Crippen LogP contribution in [0.3, 0.4) is 0 Å². The Labute approximate surface area is 181 Å². The van der Waals surface area contributed by atoms with E-state index >= 15 is 0 Å². The summed E-state index contributed by atoms with van der Waals surface area (Å²) in [4.78, 5) is 28.1. The van der Waals surface area contributed by atoms with Gasteiger partial charge < -0.3 is 10.0 Å². The summed E-state index contributed by atoms with van der Waals surface area (Å²) in [6, 6.07) is 2.20. The predicted molar refractivity (Wildman–Crippen MR) is 109 cm³/mol. The van der Waals surface area contributed by atoms with Crippen molar-refractivity contribution in [2.75, 3.05) is 38.1 Å². The zero-order valence-corrected chi connectivity index (χ0v) is 18.0. The van der Waals surface area contributed by atoms with Gasteiger partial charge in [-0.25, -0.2) is 4.79 Å². The van der Waals surface area contributed by atoms with Crippen molar-refractivity contribution in [3.63, 3.8) is 0 Å². The van der Waals surface area contributed by atoms with Crippen molar-refractivity contribution < 1.29 is 27.9 Å². The van der Waals surface area contributed by atoms with Gasteiger partial charge in [0.1, 0.15) is 0 Å². The lowest BCUT2D eigenvalue weighted by Crippen LogP contribution is -2.64. The second-order valence-electron chi connectivity index (χ2n) is 7.83. The van der Waals surface area contributed by atoms with Crippen molar-refractivity contribution in [3.8, 4) is 0 Å². The van der Waals surface area contributed by atoms with Gasteiger partial charge in [0.15, 0.2) is 0 Å². The number of nitrogens with zero attached hydrogens (tertiary/aromatic N) is 5. The van der Waals surface area contributed by atoms with Crippen LogP contribution in [-0.4, -0.2) is 81.5 Å². The van der Waals surface area contributed by atoms with E-state index < -0.39 is 12.1 Å². The second-order valence-corrected chi connectivity index (χ2v) is 8.61. The van der Waals surface area contributed by atoms with E-state index in [0.717, 1.165) is 38.3 Å². The molecule has 2 fully saturated rings. The maximum absolute atomic E-state index is 12.5. The Kier molecular flexibility index (Phi) is 6.72. The molecule has 8 nitrogen and oxygen atoms in total. The lowest BCUT2D eigenvalue weighted by molar-refractivity contribution is -0.192. The molecule has 2 aliphatic heterocycles. The minimum Gasteiger partial charge on any atom is -0.475 e. The molecule has 2 aromatic heterocycles. The fraction of sp³-hybridized carbons (Fsp3) is 0.526. The van der Waals surface area contributed by atoms with Gasteiger partial charge >= 0.3 is 12.1 Å². The summed E-state index contributed by atoms with van der Waals surface area (Å²) in [5.41, 5.74) is 2.33. The number of aromatic nitrogens is 2. The summed E-state index contributed by atoms with van der Waals surface area (Å²) >= 11 is 1.75. The zero-order chi connectivity index (χ0) is 22.8. The van der Waals surface area contributed by atoms with Crippen molar-refractivity contribution >= 4 is 28.9 Å². The van der Waals surface area contributed by atoms with Crippen LogP contribution in [-0.2, 0) is 23.2 Å². The number of carbonyl (C=O) groups is 2. The maximum Gasteiger partial charge on any atom is 0.490 e. The molecule has 0 aromatic carbocycles. The van der Waals surface area contributed by atoms with Crippen LogP contribution in [0.15, 0.2) is 29.2 Å². The summed E-state index contributed by atoms with van der Waals surface area (Å²) in [5, 5.41) is 15.7. The average molecular weight is 459 g/mol. The monoisotopic (exact) mass is 459 g/mol. The number of amides is 1. The number of rotatable bonds is 3. The number of anilines is 1. The Morgan fingerprint density at radius 3 is 2.58 bits per heavy atom. The van der Waals surface area contributed by atoms with Crippen LogP contribution < -0.4 is 4.90 Å². The highest BCUT2D eigenvalue weighted by Crippen LogP contribution is 2.34. The summed E-state index contributed by atoms with van der Waals surface area (Å²) in [6.45, 7) is 4.30. The smallest absolute Gasteiger partial charge is 0.475 e. The van der Waals surface area contributed by atoms with E-state index in [9.17, 15) is 18.0 Å². The van der Waals surface area contributed by atoms with E-state index in [-0.39, 0.29) is 11.4 Å². The molecule has 0 saturated carbocycles. The molecule has 1 spiro atoms. The molecule has 170 valence electrons. The Hall–Kier alpha value is -2.44. The third kappa shape index (κ3) is 5.43. The van der Waals surface area contributed by atoms with Gasteiger partial charge in [0.2, 0.25) is 5.91 Å². The highest BCUT2D eigenvalue weighted by Gasteiger charge is 2.47. The molecule has 0 aliphatic carbocycles. The lowest BCUT2D eigenvalue weighted by atomic mass is 9.93. The number of alkyl halides is 3. The van der Waals surface area contributed by atoms with Gasteiger partial charge in [-0.05, 0) is 35.9 Å². The summed E-state index contributed by atoms with van der Waals surface area (Å²) in [6.07, 6.45) is -0.276. The van der Waals surface area contributed by atoms with Gasteiger partial charge in [-0.1, -0.05) is 0 Å². The Bertz CT molecular complexity index is 917. The molecule has 2 aromatic rings. The van der Waals surface area contributed by atoms with Crippen LogP contribution in [0.5, 0.6) is 0 Å². The Balaban J connectivity index is 0.000000339. The molecule has 31 heavy (non-hydrogen) atoms. The van der Waals surface area contributed by atoms with Crippen LogP contribution in [0.1, 0.15) is 12.0 Å². The van der Waals surface area contributed by atoms with E-state index in [1.165, 1.54) is 5.56 Å². The zero-order valence-electron chi connectivity index (χ0n) is 17.2. The molecule has 1 N–H and O–H groups in total. The fourth-order valence-electron chi connectivity index (χ4n) is 3.90. The van der Waals surface area contributed by atoms with Crippen molar-refractivity contribution in [2.45, 2.75) is 24.7 Å². The first-order valence-electron chi connectivity index (χ1n) is 9.54. The quantitative estimate of drug-likeness (QED) is 0.757. The molecule has 4 rings (SSSR count). The van der Waals surface area contributed by atoms with Crippen molar-refractivity contribution in [1.82, 2.24) is 19.6 Å². The van der Waals surface area contributed by atoms with Crippen molar-refractivity contribution in [1.29, 1.82) is 0 Å².